The van der Waals surface area contributed by atoms with E-state index in [4.69, 9.17) is 14.5 Å². The van der Waals surface area contributed by atoms with E-state index in [1.54, 1.807) is 12.1 Å². The van der Waals surface area contributed by atoms with Crippen molar-refractivity contribution in [1.82, 2.24) is 10.1 Å². The average Bonchev–Trinajstić information content (AvgIpc) is 3.52. The van der Waals surface area contributed by atoms with Gasteiger partial charge >= 0.3 is 0 Å². The second kappa shape index (κ2) is 14.4. The number of nitrogens with zero attached hydrogens (tertiary/aromatic N) is 3. The Morgan fingerprint density at radius 2 is 1.57 bits per heavy atom. The second-order valence-corrected chi connectivity index (χ2v) is 12.9. The summed E-state index contributed by atoms with van der Waals surface area (Å²) >= 11 is 0. The molecule has 1 atom stereocenters. The summed E-state index contributed by atoms with van der Waals surface area (Å²) < 4.78 is 34.0. The number of hydrogen-bond acceptors (Lipinski definition) is 4. The van der Waals surface area contributed by atoms with Gasteiger partial charge < -0.3 is 4.52 Å². The van der Waals surface area contributed by atoms with Crippen LogP contribution in [0, 0.1) is 29.4 Å². The number of benzene rings is 2. The van der Waals surface area contributed by atoms with Crippen LogP contribution < -0.4 is 0 Å². The van der Waals surface area contributed by atoms with Crippen molar-refractivity contribution in [3.8, 4) is 22.5 Å². The quantitative estimate of drug-likeness (QED) is 0.214. The van der Waals surface area contributed by atoms with E-state index in [9.17, 15) is 8.78 Å². The van der Waals surface area contributed by atoms with E-state index in [-0.39, 0.29) is 5.56 Å². The zero-order chi connectivity index (χ0) is 30.3. The van der Waals surface area contributed by atoms with Gasteiger partial charge in [0.05, 0.1) is 5.69 Å². The summed E-state index contributed by atoms with van der Waals surface area (Å²) in [5.41, 5.74) is 5.80. The number of aromatic nitrogens is 2. The predicted molar refractivity (Wildman–Crippen MR) is 173 cm³/mol. The lowest BCUT2D eigenvalue weighted by Gasteiger charge is -2.24. The molecule has 0 amide bonds. The Bertz CT molecular complexity index is 1550. The monoisotopic (exact) mass is 595 g/mol. The third-order valence-electron chi connectivity index (χ3n) is 9.71. The molecule has 3 heterocycles. The van der Waals surface area contributed by atoms with Gasteiger partial charge in [0.2, 0.25) is 0 Å². The summed E-state index contributed by atoms with van der Waals surface area (Å²) in [5.74, 6) is 1.21. The number of fused-ring (bicyclic) bond motifs is 1. The second-order valence-electron chi connectivity index (χ2n) is 12.9. The Hall–Kier alpha value is -3.67. The maximum absolute atomic E-state index is 14.4. The first-order valence-corrected chi connectivity index (χ1v) is 16.5. The van der Waals surface area contributed by atoms with Crippen LogP contribution in [0.1, 0.15) is 87.3 Å². The molecule has 0 saturated heterocycles. The van der Waals surface area contributed by atoms with Gasteiger partial charge in [-0.1, -0.05) is 87.4 Å². The van der Waals surface area contributed by atoms with Gasteiger partial charge in [0, 0.05) is 47.6 Å². The number of aliphatic imine (C=N–C) groups is 1. The molecular weight excluding hydrogens is 552 g/mol. The minimum Gasteiger partial charge on any atom is -0.361 e. The number of hydrogen-bond donors (Lipinski definition) is 0. The smallest absolute Gasteiger partial charge is 0.168 e. The Balaban J connectivity index is 1.04. The van der Waals surface area contributed by atoms with Crippen molar-refractivity contribution in [1.29, 1.82) is 0 Å². The van der Waals surface area contributed by atoms with E-state index in [1.807, 2.05) is 12.3 Å². The average molecular weight is 596 g/mol. The maximum Gasteiger partial charge on any atom is 0.168 e. The molecule has 4 aromatic rings. The van der Waals surface area contributed by atoms with Crippen molar-refractivity contribution in [2.75, 3.05) is 6.54 Å². The highest BCUT2D eigenvalue weighted by Crippen LogP contribution is 2.31. The highest BCUT2D eigenvalue weighted by molar-refractivity contribution is 5.82. The molecule has 1 aliphatic carbocycles. The summed E-state index contributed by atoms with van der Waals surface area (Å²) in [5, 5.41) is 4.40. The molecule has 0 bridgehead atoms. The molecule has 1 unspecified atom stereocenters. The highest BCUT2D eigenvalue weighted by Gasteiger charge is 2.19. The van der Waals surface area contributed by atoms with Crippen LogP contribution in [-0.2, 0) is 19.3 Å². The van der Waals surface area contributed by atoms with E-state index in [0.29, 0.717) is 18.2 Å². The molecule has 1 aliphatic heterocycles. The van der Waals surface area contributed by atoms with E-state index in [2.05, 4.69) is 42.4 Å². The molecule has 0 N–H and O–H groups in total. The van der Waals surface area contributed by atoms with E-state index >= 15 is 0 Å². The van der Waals surface area contributed by atoms with Gasteiger partial charge in [-0.25, -0.2) is 8.78 Å². The molecular formula is C38H43F2N3O. The van der Waals surface area contributed by atoms with Crippen LogP contribution in [0.3, 0.4) is 0 Å². The van der Waals surface area contributed by atoms with Crippen LogP contribution in [0.2, 0.25) is 0 Å². The van der Waals surface area contributed by atoms with Gasteiger partial charge in [-0.15, -0.1) is 0 Å². The maximum atomic E-state index is 14.4. The van der Waals surface area contributed by atoms with Crippen molar-refractivity contribution < 1.29 is 13.3 Å². The van der Waals surface area contributed by atoms with Crippen molar-refractivity contribution >= 4 is 6.21 Å². The predicted octanol–water partition coefficient (Wildman–Crippen LogP) is 9.83. The van der Waals surface area contributed by atoms with Crippen molar-refractivity contribution in [3.63, 3.8) is 0 Å². The molecule has 1 fully saturated rings. The number of pyridine rings is 1. The van der Waals surface area contributed by atoms with Gasteiger partial charge in [0.1, 0.15) is 11.5 Å². The zero-order valence-electron chi connectivity index (χ0n) is 25.8. The molecule has 2 aromatic heterocycles. The third kappa shape index (κ3) is 7.51. The van der Waals surface area contributed by atoms with Crippen molar-refractivity contribution in [2.45, 2.75) is 84.0 Å². The first-order valence-electron chi connectivity index (χ1n) is 16.5. The van der Waals surface area contributed by atoms with Crippen LogP contribution in [-0.4, -0.2) is 22.9 Å². The Morgan fingerprint density at radius 3 is 2.36 bits per heavy atom. The van der Waals surface area contributed by atoms with Crippen molar-refractivity contribution in [2.24, 2.45) is 22.7 Å². The van der Waals surface area contributed by atoms with E-state index in [1.165, 1.54) is 63.0 Å². The lowest BCUT2D eigenvalue weighted by molar-refractivity contribution is 0.310. The lowest BCUT2D eigenvalue weighted by atomic mass is 9.82. The Labute approximate surface area is 260 Å². The SMILES string of the molecule is CCC1CCCC(Cc2ccc(-c3cc(CC4CCCc5nc(-c6cccc(F)c6F)ccc5C=NC4)on3)cc2)CCC1. The molecule has 2 aliphatic rings. The molecule has 44 heavy (non-hydrogen) atoms. The summed E-state index contributed by atoms with van der Waals surface area (Å²) in [6, 6.07) is 18.8. The van der Waals surface area contributed by atoms with Gasteiger partial charge in [0.25, 0.3) is 0 Å². The van der Waals surface area contributed by atoms with Crippen LogP contribution in [0.15, 0.2) is 70.2 Å². The molecule has 1 saturated carbocycles. The lowest BCUT2D eigenvalue weighted by Crippen LogP contribution is -2.11. The summed E-state index contributed by atoms with van der Waals surface area (Å²) in [6.07, 6.45) is 16.0. The standard InChI is InChI=1S/C38H43F2N3O/c1-2-26-7-3-9-27(10-4-8-26)21-28-15-17-30(18-16-28)37-23-32(44-43-37)22-29-11-5-14-35-31(25-41-24-29)19-20-36(42-35)33-12-6-13-34(39)38(33)40/h6,12-13,15-20,23,25-27,29H,2-5,7-11,14,21-22,24H2,1H3. The van der Waals surface area contributed by atoms with Crippen LogP contribution >= 0.6 is 0 Å². The zero-order valence-corrected chi connectivity index (χ0v) is 25.8. The fourth-order valence-corrected chi connectivity index (χ4v) is 7.06. The summed E-state index contributed by atoms with van der Waals surface area (Å²) in [7, 11) is 0. The highest BCUT2D eigenvalue weighted by atomic mass is 19.2. The van der Waals surface area contributed by atoms with Gasteiger partial charge in [-0.3, -0.25) is 9.98 Å². The fraction of sp³-hybridized carbons (Fsp3) is 0.447. The number of aryl methyl sites for hydroxylation is 1. The largest absolute Gasteiger partial charge is 0.361 e. The van der Waals surface area contributed by atoms with Crippen LogP contribution in [0.5, 0.6) is 0 Å². The summed E-state index contributed by atoms with van der Waals surface area (Å²) in [6.45, 7) is 3.03. The third-order valence-corrected chi connectivity index (χ3v) is 9.71. The van der Waals surface area contributed by atoms with Crippen LogP contribution in [0.25, 0.3) is 22.5 Å². The molecule has 2 aromatic carbocycles. The summed E-state index contributed by atoms with van der Waals surface area (Å²) in [4.78, 5) is 9.42. The minimum absolute atomic E-state index is 0.179. The molecule has 0 spiro atoms. The van der Waals surface area contributed by atoms with Gasteiger partial charge in [-0.2, -0.15) is 0 Å². The number of halogens is 2. The minimum atomic E-state index is -0.866. The Morgan fingerprint density at radius 1 is 0.795 bits per heavy atom. The van der Waals surface area contributed by atoms with E-state index in [0.717, 1.165) is 71.9 Å². The van der Waals surface area contributed by atoms with Gasteiger partial charge in [-0.05, 0) is 73.3 Å². The first kappa shape index (κ1) is 30.4. The van der Waals surface area contributed by atoms with E-state index < -0.39 is 11.6 Å². The molecule has 230 valence electrons. The molecule has 6 rings (SSSR count). The topological polar surface area (TPSA) is 51.3 Å². The Kier molecular flexibility index (Phi) is 9.94. The first-order chi connectivity index (χ1) is 21.6. The van der Waals surface area contributed by atoms with Crippen molar-refractivity contribution in [3.05, 3.63) is 94.9 Å². The molecule has 6 heteroatoms. The molecule has 0 radical (unpaired) electrons. The molecule has 4 nitrogen and oxygen atoms in total. The fourth-order valence-electron chi connectivity index (χ4n) is 7.06. The van der Waals surface area contributed by atoms with Crippen LogP contribution in [0.4, 0.5) is 8.78 Å². The number of rotatable bonds is 7. The normalized spacial score (nSPS) is 21.0. The van der Waals surface area contributed by atoms with Gasteiger partial charge in [0.15, 0.2) is 11.6 Å².